The zero-order chi connectivity index (χ0) is 16.9. The van der Waals surface area contributed by atoms with Crippen molar-refractivity contribution >= 4 is 28.0 Å². The number of nitro benzene ring substituents is 1. The van der Waals surface area contributed by atoms with E-state index in [0.717, 1.165) is 6.07 Å². The first-order valence-electron chi connectivity index (χ1n) is 6.40. The van der Waals surface area contributed by atoms with Gasteiger partial charge in [0.1, 0.15) is 5.76 Å². The number of nitro groups is 1. The monoisotopic (exact) mass is 335 g/mol. The molecule has 0 spiro atoms. The first-order valence-corrected chi connectivity index (χ1v) is 7.88. The van der Waals surface area contributed by atoms with Gasteiger partial charge in [-0.25, -0.2) is 4.83 Å². The molecule has 2 aromatic rings. The van der Waals surface area contributed by atoms with Crippen LogP contribution in [0.5, 0.6) is 0 Å². The average molecular weight is 335 g/mol. The quantitative estimate of drug-likeness (QED) is 0.495. The lowest BCUT2D eigenvalue weighted by atomic mass is 10.2. The second-order valence-electron chi connectivity index (χ2n) is 4.45. The molecule has 8 nitrogen and oxygen atoms in total. The van der Waals surface area contributed by atoms with E-state index in [-0.39, 0.29) is 10.6 Å². The number of aryl methyl sites for hydroxylation is 1. The van der Waals surface area contributed by atoms with Crippen molar-refractivity contribution in [2.75, 3.05) is 0 Å². The van der Waals surface area contributed by atoms with Crippen LogP contribution in [0.2, 0.25) is 0 Å². The van der Waals surface area contributed by atoms with Gasteiger partial charge >= 0.3 is 0 Å². The number of nitrogens with zero attached hydrogens (tertiary/aromatic N) is 2. The van der Waals surface area contributed by atoms with E-state index in [1.165, 1.54) is 37.6 Å². The van der Waals surface area contributed by atoms with Crippen molar-refractivity contribution in [1.29, 1.82) is 0 Å². The minimum absolute atomic E-state index is 0.234. The number of hydrogen-bond acceptors (Lipinski definition) is 6. The fourth-order valence-electron chi connectivity index (χ4n) is 1.67. The van der Waals surface area contributed by atoms with Crippen LogP contribution in [0.15, 0.2) is 57.1 Å². The van der Waals surface area contributed by atoms with Gasteiger partial charge in [-0.2, -0.15) is 13.5 Å². The van der Waals surface area contributed by atoms with E-state index in [0.29, 0.717) is 11.3 Å². The maximum atomic E-state index is 12.0. The summed E-state index contributed by atoms with van der Waals surface area (Å²) >= 11 is 0. The molecule has 0 amide bonds. The zero-order valence-electron chi connectivity index (χ0n) is 12.0. The van der Waals surface area contributed by atoms with Crippen molar-refractivity contribution in [1.82, 2.24) is 4.83 Å². The third-order valence-electron chi connectivity index (χ3n) is 2.82. The third-order valence-corrected chi connectivity index (χ3v) is 4.05. The van der Waals surface area contributed by atoms with E-state index < -0.39 is 14.9 Å². The minimum Gasteiger partial charge on any atom is -0.465 e. The Hall–Kier alpha value is -2.94. The summed E-state index contributed by atoms with van der Waals surface area (Å²) in [4.78, 5) is 12.0. The van der Waals surface area contributed by atoms with Gasteiger partial charge in [0.2, 0.25) is 0 Å². The number of hydrogen-bond donors (Lipinski definition) is 1. The molecule has 0 bridgehead atoms. The Morgan fingerprint density at radius 1 is 1.35 bits per heavy atom. The Kier molecular flexibility index (Phi) is 4.91. The molecule has 0 saturated carbocycles. The molecule has 23 heavy (non-hydrogen) atoms. The molecule has 0 fully saturated rings. The summed E-state index contributed by atoms with van der Waals surface area (Å²) in [6.07, 6.45) is 5.81. The summed E-state index contributed by atoms with van der Waals surface area (Å²) < 4.78 is 29.1. The van der Waals surface area contributed by atoms with E-state index in [4.69, 9.17) is 4.42 Å². The van der Waals surface area contributed by atoms with Gasteiger partial charge in [-0.1, -0.05) is 6.07 Å². The fourth-order valence-corrected chi connectivity index (χ4v) is 2.49. The van der Waals surface area contributed by atoms with Gasteiger partial charge in [0, 0.05) is 17.8 Å². The molecule has 0 aliphatic heterocycles. The molecule has 1 aromatic heterocycles. The lowest BCUT2D eigenvalue weighted by Gasteiger charge is -2.04. The molecular weight excluding hydrogens is 322 g/mol. The molecular formula is C14H13N3O5S. The van der Waals surface area contributed by atoms with Gasteiger partial charge in [-0.05, 0) is 37.3 Å². The predicted octanol–water partition coefficient (Wildman–Crippen LogP) is 2.47. The largest absolute Gasteiger partial charge is 0.465 e. The van der Waals surface area contributed by atoms with E-state index >= 15 is 0 Å². The van der Waals surface area contributed by atoms with E-state index in [1.54, 1.807) is 18.2 Å². The van der Waals surface area contributed by atoms with Crippen molar-refractivity contribution in [2.24, 2.45) is 5.10 Å². The number of sulfonamides is 1. The Balaban J connectivity index is 2.10. The lowest BCUT2D eigenvalue weighted by molar-refractivity contribution is -0.385. The molecule has 2 rings (SSSR count). The molecule has 0 unspecified atom stereocenters. The topological polar surface area (TPSA) is 115 Å². The van der Waals surface area contributed by atoms with Crippen LogP contribution in [-0.2, 0) is 10.0 Å². The molecule has 1 heterocycles. The molecule has 120 valence electrons. The van der Waals surface area contributed by atoms with Gasteiger partial charge in [-0.15, -0.1) is 0 Å². The van der Waals surface area contributed by atoms with Crippen molar-refractivity contribution in [3.05, 3.63) is 64.1 Å². The first kappa shape index (κ1) is 16.4. The highest BCUT2D eigenvalue weighted by molar-refractivity contribution is 7.89. The standard InChI is InChI=1S/C14H13N3O5S/c1-11-6-7-13(10-14(11)17(18)19)23(20,21)16-15-8-2-4-12-5-3-9-22-12/h2-10,16H,1H3. The van der Waals surface area contributed by atoms with E-state index in [1.807, 2.05) is 4.83 Å². The summed E-state index contributed by atoms with van der Waals surface area (Å²) in [6, 6.07) is 7.07. The molecule has 0 aliphatic carbocycles. The summed E-state index contributed by atoms with van der Waals surface area (Å²) in [5.41, 5.74) is 0.105. The molecule has 1 N–H and O–H groups in total. The summed E-state index contributed by atoms with van der Waals surface area (Å²) in [5, 5.41) is 14.4. The Labute approximate surface area is 132 Å². The smallest absolute Gasteiger partial charge is 0.276 e. The molecule has 0 aliphatic rings. The Bertz CT molecular complexity index is 855. The van der Waals surface area contributed by atoms with Gasteiger partial charge in [0.25, 0.3) is 15.7 Å². The highest BCUT2D eigenvalue weighted by atomic mass is 32.2. The number of hydrazone groups is 1. The third kappa shape index (κ3) is 4.27. The fraction of sp³-hybridized carbons (Fsp3) is 0.0714. The average Bonchev–Trinajstić information content (AvgIpc) is 3.00. The number of allylic oxidation sites excluding steroid dienone is 1. The zero-order valence-corrected chi connectivity index (χ0v) is 12.9. The van der Waals surface area contributed by atoms with Crippen molar-refractivity contribution in [2.45, 2.75) is 11.8 Å². The second-order valence-corrected chi connectivity index (χ2v) is 6.11. The van der Waals surface area contributed by atoms with Crippen LogP contribution < -0.4 is 4.83 Å². The van der Waals surface area contributed by atoms with Gasteiger partial charge in [0.15, 0.2) is 0 Å². The molecule has 0 radical (unpaired) electrons. The van der Waals surface area contributed by atoms with E-state index in [2.05, 4.69) is 5.10 Å². The summed E-state index contributed by atoms with van der Waals surface area (Å²) in [7, 11) is -3.98. The normalized spacial score (nSPS) is 12.0. The second kappa shape index (κ2) is 6.88. The summed E-state index contributed by atoms with van der Waals surface area (Å²) in [6.45, 7) is 1.53. The Morgan fingerprint density at radius 2 is 2.13 bits per heavy atom. The van der Waals surface area contributed by atoms with Crippen LogP contribution in [0, 0.1) is 17.0 Å². The number of rotatable bonds is 6. The predicted molar refractivity (Wildman–Crippen MR) is 84.4 cm³/mol. The minimum atomic E-state index is -3.98. The lowest BCUT2D eigenvalue weighted by Crippen LogP contribution is -2.18. The number of benzene rings is 1. The first-order chi connectivity index (χ1) is 10.9. The Morgan fingerprint density at radius 3 is 2.78 bits per heavy atom. The van der Waals surface area contributed by atoms with Crippen molar-refractivity contribution in [3.8, 4) is 0 Å². The highest BCUT2D eigenvalue weighted by Crippen LogP contribution is 2.21. The van der Waals surface area contributed by atoms with Crippen LogP contribution in [-0.4, -0.2) is 19.6 Å². The van der Waals surface area contributed by atoms with Crippen LogP contribution in [0.1, 0.15) is 11.3 Å². The SMILES string of the molecule is Cc1ccc(S(=O)(=O)NN=CC=Cc2ccco2)cc1[N+](=O)[O-]. The maximum absolute atomic E-state index is 12.0. The van der Waals surface area contributed by atoms with Crippen molar-refractivity contribution in [3.63, 3.8) is 0 Å². The molecule has 0 atom stereocenters. The van der Waals surface area contributed by atoms with Crippen LogP contribution in [0.25, 0.3) is 6.08 Å². The molecule has 1 aromatic carbocycles. The number of nitrogens with one attached hydrogen (secondary N) is 1. The van der Waals surface area contributed by atoms with Gasteiger partial charge in [-0.3, -0.25) is 10.1 Å². The van der Waals surface area contributed by atoms with Crippen LogP contribution in [0.3, 0.4) is 0 Å². The number of furan rings is 1. The van der Waals surface area contributed by atoms with Gasteiger partial charge < -0.3 is 4.42 Å². The molecule has 9 heteroatoms. The van der Waals surface area contributed by atoms with E-state index in [9.17, 15) is 18.5 Å². The maximum Gasteiger partial charge on any atom is 0.276 e. The molecule has 0 saturated heterocycles. The van der Waals surface area contributed by atoms with Crippen molar-refractivity contribution < 1.29 is 17.8 Å². The van der Waals surface area contributed by atoms with Gasteiger partial charge in [0.05, 0.1) is 16.1 Å². The summed E-state index contributed by atoms with van der Waals surface area (Å²) in [5.74, 6) is 0.591. The van der Waals surface area contributed by atoms with Crippen LogP contribution in [0.4, 0.5) is 5.69 Å². The van der Waals surface area contributed by atoms with Crippen LogP contribution >= 0.6 is 0 Å². The highest BCUT2D eigenvalue weighted by Gasteiger charge is 2.19.